The van der Waals surface area contributed by atoms with Gasteiger partial charge in [0, 0.05) is 11.6 Å². The van der Waals surface area contributed by atoms with E-state index >= 15 is 0 Å². The van der Waals surface area contributed by atoms with Gasteiger partial charge in [0.05, 0.1) is 5.02 Å². The average Bonchev–Trinajstić information content (AvgIpc) is 2.26. The second-order valence-electron chi connectivity index (χ2n) is 3.53. The van der Waals surface area contributed by atoms with Crippen LogP contribution in [0.2, 0.25) is 10.0 Å². The van der Waals surface area contributed by atoms with Crippen LogP contribution in [-0.2, 0) is 0 Å². The van der Waals surface area contributed by atoms with Gasteiger partial charge in [-0.2, -0.15) is 0 Å². The molecule has 0 aliphatic carbocycles. The first-order chi connectivity index (χ1) is 7.74. The van der Waals surface area contributed by atoms with E-state index < -0.39 is 0 Å². The van der Waals surface area contributed by atoms with Crippen LogP contribution in [0.1, 0.15) is 19.8 Å². The molecule has 0 saturated heterocycles. The lowest BCUT2D eigenvalue weighted by atomic mass is 10.3. The normalized spacial score (nSPS) is 10.4. The molecule has 0 aliphatic rings. The van der Waals surface area contributed by atoms with Crippen molar-refractivity contribution in [3.05, 3.63) is 28.2 Å². The van der Waals surface area contributed by atoms with E-state index in [4.69, 9.17) is 27.9 Å². The number of unbranched alkanes of at least 4 members (excludes halogenated alkanes) is 1. The van der Waals surface area contributed by atoms with Gasteiger partial charge in [0.1, 0.15) is 12.4 Å². The molecule has 0 unspecified atom stereocenters. The molecule has 0 aliphatic heterocycles. The molecule has 16 heavy (non-hydrogen) atoms. The molecule has 0 radical (unpaired) electrons. The maximum absolute atomic E-state index is 5.96. The van der Waals surface area contributed by atoms with E-state index in [2.05, 4.69) is 12.2 Å². The number of ether oxygens (including phenoxy) is 1. The summed E-state index contributed by atoms with van der Waals surface area (Å²) in [6.07, 6.45) is 2.40. The lowest BCUT2D eigenvalue weighted by Crippen LogP contribution is -2.22. The monoisotopic (exact) mass is 261 g/mol. The van der Waals surface area contributed by atoms with Gasteiger partial charge in [0.2, 0.25) is 0 Å². The van der Waals surface area contributed by atoms with Crippen molar-refractivity contribution in [2.24, 2.45) is 0 Å². The molecular formula is C12H17Cl2NO. The molecule has 1 aromatic carbocycles. The van der Waals surface area contributed by atoms with Crippen LogP contribution in [0, 0.1) is 0 Å². The molecule has 1 aromatic rings. The fraction of sp³-hybridized carbons (Fsp3) is 0.500. The van der Waals surface area contributed by atoms with Gasteiger partial charge >= 0.3 is 0 Å². The average molecular weight is 262 g/mol. The van der Waals surface area contributed by atoms with Gasteiger partial charge in [-0.15, -0.1) is 0 Å². The van der Waals surface area contributed by atoms with Crippen LogP contribution in [0.4, 0.5) is 0 Å². The minimum atomic E-state index is 0.557. The Morgan fingerprint density at radius 2 is 2.06 bits per heavy atom. The Morgan fingerprint density at radius 1 is 1.25 bits per heavy atom. The first-order valence-electron chi connectivity index (χ1n) is 5.52. The Bertz CT molecular complexity index is 318. The van der Waals surface area contributed by atoms with E-state index in [-0.39, 0.29) is 0 Å². The summed E-state index contributed by atoms with van der Waals surface area (Å²) in [5.41, 5.74) is 0. The van der Waals surface area contributed by atoms with E-state index in [1.165, 1.54) is 12.8 Å². The number of nitrogens with one attached hydrogen (secondary N) is 1. The predicted molar refractivity (Wildman–Crippen MR) is 69.7 cm³/mol. The van der Waals surface area contributed by atoms with Crippen molar-refractivity contribution in [1.29, 1.82) is 0 Å². The fourth-order valence-electron chi connectivity index (χ4n) is 1.25. The number of rotatable bonds is 7. The molecule has 1 N–H and O–H groups in total. The molecule has 90 valence electrons. The molecule has 0 saturated carbocycles. The van der Waals surface area contributed by atoms with Crippen LogP contribution in [-0.4, -0.2) is 19.7 Å². The second kappa shape index (κ2) is 7.77. The summed E-state index contributed by atoms with van der Waals surface area (Å²) < 4.78 is 5.52. The third kappa shape index (κ3) is 5.06. The summed E-state index contributed by atoms with van der Waals surface area (Å²) >= 11 is 11.7. The maximum Gasteiger partial charge on any atom is 0.138 e. The summed E-state index contributed by atoms with van der Waals surface area (Å²) in [5, 5.41) is 4.47. The van der Waals surface area contributed by atoms with Crippen LogP contribution in [0.5, 0.6) is 5.75 Å². The number of halogens is 2. The van der Waals surface area contributed by atoms with Gasteiger partial charge in [0.25, 0.3) is 0 Å². The zero-order valence-electron chi connectivity index (χ0n) is 9.43. The Morgan fingerprint density at radius 3 is 2.75 bits per heavy atom. The Balaban J connectivity index is 2.21. The highest BCUT2D eigenvalue weighted by Gasteiger charge is 2.01. The Hall–Kier alpha value is -0.440. The molecule has 4 heteroatoms. The topological polar surface area (TPSA) is 21.3 Å². The van der Waals surface area contributed by atoms with Crippen molar-refractivity contribution in [2.45, 2.75) is 19.8 Å². The van der Waals surface area contributed by atoms with Gasteiger partial charge in [-0.3, -0.25) is 0 Å². The Kier molecular flexibility index (Phi) is 6.62. The van der Waals surface area contributed by atoms with E-state index in [1.54, 1.807) is 18.2 Å². The molecule has 0 bridgehead atoms. The van der Waals surface area contributed by atoms with Crippen molar-refractivity contribution >= 4 is 23.2 Å². The highest BCUT2D eigenvalue weighted by Crippen LogP contribution is 2.27. The van der Waals surface area contributed by atoms with Crippen LogP contribution in [0.3, 0.4) is 0 Å². The van der Waals surface area contributed by atoms with E-state index in [0.29, 0.717) is 22.4 Å². The van der Waals surface area contributed by atoms with Crippen LogP contribution in [0.25, 0.3) is 0 Å². The van der Waals surface area contributed by atoms with Crippen molar-refractivity contribution in [2.75, 3.05) is 19.7 Å². The highest BCUT2D eigenvalue weighted by atomic mass is 35.5. The fourth-order valence-corrected chi connectivity index (χ4v) is 1.72. The molecule has 2 nitrogen and oxygen atoms in total. The SMILES string of the molecule is CCCCNCCOc1ccc(Cl)cc1Cl. The predicted octanol–water partition coefficient (Wildman–Crippen LogP) is 3.76. The maximum atomic E-state index is 5.96. The molecule has 1 rings (SSSR count). The number of hydrogen-bond acceptors (Lipinski definition) is 2. The first kappa shape index (κ1) is 13.6. The van der Waals surface area contributed by atoms with E-state index in [9.17, 15) is 0 Å². The third-order valence-corrected chi connectivity index (χ3v) is 2.67. The van der Waals surface area contributed by atoms with Crippen molar-refractivity contribution in [3.8, 4) is 5.75 Å². The second-order valence-corrected chi connectivity index (χ2v) is 4.37. The summed E-state index contributed by atoms with van der Waals surface area (Å²) in [6.45, 7) is 4.66. The molecule has 0 heterocycles. The lowest BCUT2D eigenvalue weighted by molar-refractivity contribution is 0.314. The van der Waals surface area contributed by atoms with E-state index in [1.807, 2.05) is 0 Å². The molecule has 0 spiro atoms. The smallest absolute Gasteiger partial charge is 0.138 e. The molecule has 0 fully saturated rings. The molecule has 0 atom stereocenters. The van der Waals surface area contributed by atoms with Crippen molar-refractivity contribution in [1.82, 2.24) is 5.32 Å². The summed E-state index contributed by atoms with van der Waals surface area (Å²) in [7, 11) is 0. The molecular weight excluding hydrogens is 245 g/mol. The standard InChI is InChI=1S/C12H17Cl2NO/c1-2-3-6-15-7-8-16-12-5-4-10(13)9-11(12)14/h4-5,9,15H,2-3,6-8H2,1H3. The molecule has 0 aromatic heterocycles. The summed E-state index contributed by atoms with van der Waals surface area (Å²) in [5.74, 6) is 0.684. The van der Waals surface area contributed by atoms with Crippen molar-refractivity contribution in [3.63, 3.8) is 0 Å². The third-order valence-electron chi connectivity index (χ3n) is 2.14. The lowest BCUT2D eigenvalue weighted by Gasteiger charge is -2.08. The molecule has 0 amide bonds. The highest BCUT2D eigenvalue weighted by molar-refractivity contribution is 6.35. The quantitative estimate of drug-likeness (QED) is 0.755. The first-order valence-corrected chi connectivity index (χ1v) is 6.28. The van der Waals surface area contributed by atoms with Crippen molar-refractivity contribution < 1.29 is 4.74 Å². The van der Waals surface area contributed by atoms with Crippen LogP contribution >= 0.6 is 23.2 Å². The number of benzene rings is 1. The Labute approximate surface area is 107 Å². The zero-order valence-corrected chi connectivity index (χ0v) is 10.9. The van der Waals surface area contributed by atoms with Crippen LogP contribution in [0.15, 0.2) is 18.2 Å². The minimum absolute atomic E-state index is 0.557. The zero-order chi connectivity index (χ0) is 11.8. The minimum Gasteiger partial charge on any atom is -0.491 e. The van der Waals surface area contributed by atoms with Gasteiger partial charge in [-0.25, -0.2) is 0 Å². The largest absolute Gasteiger partial charge is 0.491 e. The summed E-state index contributed by atoms with van der Waals surface area (Å²) in [6, 6.07) is 5.24. The van der Waals surface area contributed by atoms with Gasteiger partial charge < -0.3 is 10.1 Å². The van der Waals surface area contributed by atoms with Gasteiger partial charge in [0.15, 0.2) is 0 Å². The number of hydrogen-bond donors (Lipinski definition) is 1. The summed E-state index contributed by atoms with van der Waals surface area (Å²) in [4.78, 5) is 0. The van der Waals surface area contributed by atoms with Gasteiger partial charge in [-0.05, 0) is 31.2 Å². The van der Waals surface area contributed by atoms with Gasteiger partial charge in [-0.1, -0.05) is 36.5 Å². The van der Waals surface area contributed by atoms with Crippen LogP contribution < -0.4 is 10.1 Å². The van der Waals surface area contributed by atoms with E-state index in [0.717, 1.165) is 13.1 Å².